The highest BCUT2D eigenvalue weighted by molar-refractivity contribution is 5.96. The van der Waals surface area contributed by atoms with Gasteiger partial charge in [-0.25, -0.2) is 4.98 Å². The van der Waals surface area contributed by atoms with E-state index in [2.05, 4.69) is 24.1 Å². The van der Waals surface area contributed by atoms with Crippen LogP contribution in [0.5, 0.6) is 11.6 Å². The van der Waals surface area contributed by atoms with Crippen molar-refractivity contribution in [3.05, 3.63) is 39.7 Å². The maximum atomic E-state index is 12.8. The zero-order valence-corrected chi connectivity index (χ0v) is 19.8. The molecule has 1 amide bonds. The van der Waals surface area contributed by atoms with Gasteiger partial charge in [0.15, 0.2) is 11.2 Å². The number of aromatic nitrogens is 2. The summed E-state index contributed by atoms with van der Waals surface area (Å²) in [7, 11) is 3.16. The first-order chi connectivity index (χ1) is 15.8. The number of rotatable bonds is 10. The lowest BCUT2D eigenvalue weighted by molar-refractivity contribution is -0.116. The highest BCUT2D eigenvalue weighted by Crippen LogP contribution is 2.40. The van der Waals surface area contributed by atoms with E-state index in [1.807, 2.05) is 10.6 Å². The van der Waals surface area contributed by atoms with E-state index in [4.69, 9.17) is 14.2 Å². The van der Waals surface area contributed by atoms with E-state index in [9.17, 15) is 14.4 Å². The Labute approximate surface area is 193 Å². The molecule has 0 radical (unpaired) electrons. The lowest BCUT2D eigenvalue weighted by Gasteiger charge is -2.33. The number of carbonyl (C=O) groups is 2. The van der Waals surface area contributed by atoms with Gasteiger partial charge in [0, 0.05) is 38.4 Å². The first kappa shape index (κ1) is 24.4. The van der Waals surface area contributed by atoms with Gasteiger partial charge >= 0.3 is 0 Å². The van der Waals surface area contributed by atoms with Gasteiger partial charge in [-0.3, -0.25) is 14.4 Å². The molecular weight excluding hydrogens is 426 g/mol. The maximum absolute atomic E-state index is 12.8. The number of hydrogen-bond donors (Lipinski definition) is 1. The van der Waals surface area contributed by atoms with Crippen LogP contribution >= 0.6 is 0 Å². The molecule has 3 heterocycles. The molecule has 1 aliphatic heterocycles. The molecule has 0 saturated heterocycles. The van der Waals surface area contributed by atoms with Crippen LogP contribution in [0.1, 0.15) is 49.2 Å². The second-order valence-corrected chi connectivity index (χ2v) is 8.44. The zero-order valence-electron chi connectivity index (χ0n) is 19.8. The number of amides is 1. The van der Waals surface area contributed by atoms with E-state index in [0.717, 1.165) is 12.0 Å². The molecule has 0 spiro atoms. The number of nitrogens with one attached hydrogen (secondary N) is 1. The molecule has 2 aromatic rings. The molecule has 3 rings (SSSR count). The first-order valence-electron chi connectivity index (χ1n) is 11.0. The number of ketones is 1. The average molecular weight is 458 g/mol. The van der Waals surface area contributed by atoms with Crippen molar-refractivity contribution < 1.29 is 23.8 Å². The standard InChI is InChI=1S/C24H31N3O6/c1-14(2)18-9-16-10-21(33-8-6-7-31-4)24(32-5)26-22(16)19-11-20(29)17(13-27(18)19)23(30)25-12-15(3)28/h10-11,13-14,18H,6-9,12H2,1-5H3,(H,25,30)/t18-/m0/s1. The fourth-order valence-corrected chi connectivity index (χ4v) is 3.89. The number of pyridine rings is 2. The highest BCUT2D eigenvalue weighted by Gasteiger charge is 2.30. The Hall–Kier alpha value is -3.20. The molecule has 0 fully saturated rings. The van der Waals surface area contributed by atoms with Gasteiger partial charge < -0.3 is 24.1 Å². The molecule has 0 aliphatic carbocycles. The van der Waals surface area contributed by atoms with Gasteiger partial charge in [-0.15, -0.1) is 0 Å². The number of nitrogens with zero attached hydrogens (tertiary/aromatic N) is 2. The van der Waals surface area contributed by atoms with Crippen molar-refractivity contribution >= 4 is 11.7 Å². The number of Topliss-reactive ketones (excluding diaryl/α,β-unsaturated/α-hetero) is 1. The number of ether oxygens (including phenoxy) is 3. The molecule has 1 atom stereocenters. The SMILES string of the molecule is COCCCOc1cc2c(nc1OC)-c1cc(=O)c(C(=O)NCC(C)=O)cn1[C@H](C(C)C)C2. The topological polar surface area (TPSA) is 109 Å². The number of carbonyl (C=O) groups excluding carboxylic acids is 2. The second kappa shape index (κ2) is 10.6. The largest absolute Gasteiger partial charge is 0.488 e. The minimum atomic E-state index is -0.566. The Morgan fingerprint density at radius 1 is 1.24 bits per heavy atom. The lowest BCUT2D eigenvalue weighted by Crippen LogP contribution is -2.34. The van der Waals surface area contributed by atoms with E-state index >= 15 is 0 Å². The van der Waals surface area contributed by atoms with Gasteiger partial charge in [0.05, 0.1) is 31.6 Å². The Morgan fingerprint density at radius 2 is 2.00 bits per heavy atom. The number of hydrogen-bond acceptors (Lipinski definition) is 7. The first-order valence-corrected chi connectivity index (χ1v) is 11.0. The Balaban J connectivity index is 2.05. The summed E-state index contributed by atoms with van der Waals surface area (Å²) in [4.78, 5) is 41.3. The summed E-state index contributed by atoms with van der Waals surface area (Å²) < 4.78 is 18.3. The van der Waals surface area contributed by atoms with Gasteiger partial charge in [0.1, 0.15) is 11.3 Å². The van der Waals surface area contributed by atoms with Crippen LogP contribution in [-0.2, 0) is 16.0 Å². The molecule has 9 nitrogen and oxygen atoms in total. The molecular formula is C24H31N3O6. The van der Waals surface area contributed by atoms with Crippen molar-refractivity contribution in [2.24, 2.45) is 5.92 Å². The molecule has 0 bridgehead atoms. The molecule has 0 aromatic carbocycles. The minimum absolute atomic E-state index is 0.000776. The molecule has 2 aromatic heterocycles. The van der Waals surface area contributed by atoms with Gasteiger partial charge in [-0.1, -0.05) is 13.8 Å². The van der Waals surface area contributed by atoms with E-state index < -0.39 is 11.3 Å². The molecule has 178 valence electrons. The minimum Gasteiger partial charge on any atom is -0.488 e. The van der Waals surface area contributed by atoms with Gasteiger partial charge in [-0.2, -0.15) is 0 Å². The van der Waals surface area contributed by atoms with Crippen LogP contribution in [0.4, 0.5) is 0 Å². The number of methoxy groups -OCH3 is 2. The lowest BCUT2D eigenvalue weighted by atomic mass is 9.89. The van der Waals surface area contributed by atoms with Crippen LogP contribution in [0, 0.1) is 5.92 Å². The van der Waals surface area contributed by atoms with E-state index in [-0.39, 0.29) is 29.9 Å². The molecule has 1 N–H and O–H groups in total. The fraction of sp³-hybridized carbons (Fsp3) is 0.500. The molecule has 9 heteroatoms. The highest BCUT2D eigenvalue weighted by atomic mass is 16.5. The summed E-state index contributed by atoms with van der Waals surface area (Å²) >= 11 is 0. The Kier molecular flexibility index (Phi) is 7.86. The zero-order chi connectivity index (χ0) is 24.1. The normalized spacial score (nSPS) is 14.4. The Morgan fingerprint density at radius 3 is 2.64 bits per heavy atom. The maximum Gasteiger partial charge on any atom is 0.257 e. The van der Waals surface area contributed by atoms with Gasteiger partial charge in [0.25, 0.3) is 11.8 Å². The monoisotopic (exact) mass is 457 g/mol. The summed E-state index contributed by atoms with van der Waals surface area (Å²) in [6.07, 6.45) is 2.96. The molecule has 1 aliphatic rings. The van der Waals surface area contributed by atoms with Crippen LogP contribution in [0.25, 0.3) is 11.4 Å². The summed E-state index contributed by atoms with van der Waals surface area (Å²) in [6, 6.07) is 3.36. The predicted octanol–water partition coefficient (Wildman–Crippen LogP) is 2.41. The summed E-state index contributed by atoms with van der Waals surface area (Å²) in [5.74, 6) is 0.346. The average Bonchev–Trinajstić information content (AvgIpc) is 2.78. The third-order valence-corrected chi connectivity index (χ3v) is 5.60. The summed E-state index contributed by atoms with van der Waals surface area (Å²) in [5.41, 5.74) is 1.76. The Bertz CT molecular complexity index is 1090. The smallest absolute Gasteiger partial charge is 0.257 e. The van der Waals surface area contributed by atoms with E-state index in [0.29, 0.717) is 42.7 Å². The quantitative estimate of drug-likeness (QED) is 0.546. The van der Waals surface area contributed by atoms with Gasteiger partial charge in [-0.05, 0) is 30.9 Å². The van der Waals surface area contributed by atoms with Crippen molar-refractivity contribution in [2.75, 3.05) is 34.0 Å². The third kappa shape index (κ3) is 5.42. The van der Waals surface area contributed by atoms with E-state index in [1.54, 1.807) is 13.3 Å². The molecule has 33 heavy (non-hydrogen) atoms. The van der Waals surface area contributed by atoms with Crippen LogP contribution in [0.15, 0.2) is 23.1 Å². The van der Waals surface area contributed by atoms with E-state index in [1.165, 1.54) is 20.1 Å². The molecule has 0 saturated carbocycles. The van der Waals surface area contributed by atoms with Crippen molar-refractivity contribution in [3.63, 3.8) is 0 Å². The van der Waals surface area contributed by atoms with Crippen LogP contribution in [0.2, 0.25) is 0 Å². The van der Waals surface area contributed by atoms with Crippen molar-refractivity contribution in [1.82, 2.24) is 14.9 Å². The van der Waals surface area contributed by atoms with Crippen molar-refractivity contribution in [2.45, 2.75) is 39.7 Å². The fourth-order valence-electron chi connectivity index (χ4n) is 3.89. The third-order valence-electron chi connectivity index (χ3n) is 5.60. The van der Waals surface area contributed by atoms with Crippen LogP contribution in [-0.4, -0.2) is 55.2 Å². The van der Waals surface area contributed by atoms with Crippen LogP contribution < -0.4 is 20.2 Å². The predicted molar refractivity (Wildman–Crippen MR) is 123 cm³/mol. The van der Waals surface area contributed by atoms with Crippen LogP contribution in [0.3, 0.4) is 0 Å². The van der Waals surface area contributed by atoms with Crippen molar-refractivity contribution in [1.29, 1.82) is 0 Å². The number of fused-ring (bicyclic) bond motifs is 3. The van der Waals surface area contributed by atoms with Gasteiger partial charge in [0.2, 0.25) is 0 Å². The van der Waals surface area contributed by atoms with Crippen molar-refractivity contribution in [3.8, 4) is 23.0 Å². The second-order valence-electron chi connectivity index (χ2n) is 8.44. The summed E-state index contributed by atoms with van der Waals surface area (Å²) in [5, 5.41) is 2.50. The summed E-state index contributed by atoms with van der Waals surface area (Å²) in [6.45, 7) is 6.49. The molecule has 0 unspecified atom stereocenters.